The molecular formula is C13H16O2. The predicted molar refractivity (Wildman–Crippen MR) is 59.4 cm³/mol. The average molecular weight is 204 g/mol. The highest BCUT2D eigenvalue weighted by Crippen LogP contribution is 2.27. The molecule has 0 atom stereocenters. The van der Waals surface area contributed by atoms with E-state index in [0.717, 1.165) is 30.1 Å². The largest absolute Gasteiger partial charge is 0.493 e. The van der Waals surface area contributed by atoms with E-state index in [4.69, 9.17) is 4.74 Å². The molecule has 0 heterocycles. The van der Waals surface area contributed by atoms with E-state index in [0.29, 0.717) is 5.56 Å². The lowest BCUT2D eigenvalue weighted by molar-refractivity contribution is 0.112. The number of carbonyl (C=O) groups is 1. The molecule has 0 saturated heterocycles. The molecular weight excluding hydrogens is 188 g/mol. The van der Waals surface area contributed by atoms with Crippen molar-refractivity contribution in [1.82, 2.24) is 0 Å². The first-order valence-electron chi connectivity index (χ1n) is 5.47. The summed E-state index contributed by atoms with van der Waals surface area (Å²) in [6.07, 6.45) is 4.77. The maximum atomic E-state index is 10.7. The number of benzene rings is 1. The summed E-state index contributed by atoms with van der Waals surface area (Å²) in [5.74, 6) is 1.55. The lowest BCUT2D eigenvalue weighted by atomic mass is 9.86. The SMILES string of the molecule is Cc1cc(C=O)cc(OCC2CCC2)c1. The third-order valence-electron chi connectivity index (χ3n) is 2.92. The highest BCUT2D eigenvalue weighted by molar-refractivity contribution is 5.76. The second-order valence-electron chi connectivity index (χ2n) is 4.31. The van der Waals surface area contributed by atoms with Crippen molar-refractivity contribution < 1.29 is 9.53 Å². The van der Waals surface area contributed by atoms with Crippen molar-refractivity contribution in [2.75, 3.05) is 6.61 Å². The molecule has 0 N–H and O–H groups in total. The van der Waals surface area contributed by atoms with Crippen LogP contribution in [0.2, 0.25) is 0 Å². The number of carbonyl (C=O) groups excluding carboxylic acids is 1. The van der Waals surface area contributed by atoms with Crippen molar-refractivity contribution in [3.8, 4) is 5.75 Å². The van der Waals surface area contributed by atoms with E-state index in [1.54, 1.807) is 6.07 Å². The van der Waals surface area contributed by atoms with Gasteiger partial charge >= 0.3 is 0 Å². The van der Waals surface area contributed by atoms with Crippen LogP contribution in [0.1, 0.15) is 35.2 Å². The second-order valence-corrected chi connectivity index (χ2v) is 4.31. The Morgan fingerprint density at radius 2 is 2.20 bits per heavy atom. The van der Waals surface area contributed by atoms with Crippen LogP contribution >= 0.6 is 0 Å². The molecule has 0 bridgehead atoms. The van der Waals surface area contributed by atoms with Crippen molar-refractivity contribution in [2.45, 2.75) is 26.2 Å². The zero-order chi connectivity index (χ0) is 10.7. The number of aldehydes is 1. The molecule has 1 fully saturated rings. The van der Waals surface area contributed by atoms with Gasteiger partial charge in [-0.3, -0.25) is 4.79 Å². The summed E-state index contributed by atoms with van der Waals surface area (Å²) in [6, 6.07) is 5.65. The Bertz CT molecular complexity index is 354. The van der Waals surface area contributed by atoms with Crippen molar-refractivity contribution in [2.24, 2.45) is 5.92 Å². The van der Waals surface area contributed by atoms with Crippen molar-refractivity contribution in [3.05, 3.63) is 29.3 Å². The van der Waals surface area contributed by atoms with Gasteiger partial charge in [0.25, 0.3) is 0 Å². The molecule has 0 radical (unpaired) electrons. The fourth-order valence-electron chi connectivity index (χ4n) is 1.80. The highest BCUT2D eigenvalue weighted by atomic mass is 16.5. The first kappa shape index (κ1) is 10.2. The van der Waals surface area contributed by atoms with Gasteiger partial charge < -0.3 is 4.74 Å². The molecule has 80 valence electrons. The minimum absolute atomic E-state index is 0.693. The van der Waals surface area contributed by atoms with Gasteiger partial charge in [0, 0.05) is 5.56 Å². The summed E-state index contributed by atoms with van der Waals surface area (Å²) in [5, 5.41) is 0. The minimum Gasteiger partial charge on any atom is -0.493 e. The molecule has 0 amide bonds. The molecule has 1 aliphatic carbocycles. The van der Waals surface area contributed by atoms with Gasteiger partial charge in [-0.25, -0.2) is 0 Å². The fourth-order valence-corrected chi connectivity index (χ4v) is 1.80. The van der Waals surface area contributed by atoms with E-state index in [9.17, 15) is 4.79 Å². The smallest absolute Gasteiger partial charge is 0.150 e. The molecule has 2 nitrogen and oxygen atoms in total. The van der Waals surface area contributed by atoms with Crippen LogP contribution in [0, 0.1) is 12.8 Å². The van der Waals surface area contributed by atoms with Crippen molar-refractivity contribution in [3.63, 3.8) is 0 Å². The van der Waals surface area contributed by atoms with E-state index in [1.165, 1.54) is 19.3 Å². The predicted octanol–water partition coefficient (Wildman–Crippen LogP) is 2.99. The molecule has 1 aromatic carbocycles. The summed E-state index contributed by atoms with van der Waals surface area (Å²) in [6.45, 7) is 2.77. The molecule has 0 aliphatic heterocycles. The average Bonchev–Trinajstić information content (AvgIpc) is 2.14. The molecule has 0 unspecified atom stereocenters. The molecule has 1 aromatic rings. The van der Waals surface area contributed by atoms with Crippen LogP contribution in [0.3, 0.4) is 0 Å². The lowest BCUT2D eigenvalue weighted by Crippen LogP contribution is -2.19. The number of rotatable bonds is 4. The van der Waals surface area contributed by atoms with Gasteiger partial charge in [-0.15, -0.1) is 0 Å². The summed E-state index contributed by atoms with van der Waals surface area (Å²) in [5.41, 5.74) is 1.77. The van der Waals surface area contributed by atoms with Crippen LogP contribution < -0.4 is 4.74 Å². The monoisotopic (exact) mass is 204 g/mol. The molecule has 1 saturated carbocycles. The first-order chi connectivity index (χ1) is 7.28. The minimum atomic E-state index is 0.693. The van der Waals surface area contributed by atoms with Gasteiger partial charge in [-0.05, 0) is 49.4 Å². The second kappa shape index (κ2) is 4.47. The van der Waals surface area contributed by atoms with E-state index in [1.807, 2.05) is 19.1 Å². The van der Waals surface area contributed by atoms with Gasteiger partial charge in [-0.2, -0.15) is 0 Å². The van der Waals surface area contributed by atoms with Crippen LogP contribution in [-0.2, 0) is 0 Å². The summed E-state index contributed by atoms with van der Waals surface area (Å²) >= 11 is 0. The van der Waals surface area contributed by atoms with Gasteiger partial charge in [-0.1, -0.05) is 6.42 Å². The number of hydrogen-bond acceptors (Lipinski definition) is 2. The Balaban J connectivity index is 1.99. The molecule has 2 heteroatoms. The molecule has 1 aliphatic rings. The molecule has 0 spiro atoms. The Morgan fingerprint density at radius 1 is 1.40 bits per heavy atom. The Morgan fingerprint density at radius 3 is 2.80 bits per heavy atom. The van der Waals surface area contributed by atoms with Gasteiger partial charge in [0.15, 0.2) is 0 Å². The van der Waals surface area contributed by atoms with Crippen molar-refractivity contribution >= 4 is 6.29 Å². The maximum Gasteiger partial charge on any atom is 0.150 e. The van der Waals surface area contributed by atoms with E-state index < -0.39 is 0 Å². The topological polar surface area (TPSA) is 26.3 Å². The zero-order valence-corrected chi connectivity index (χ0v) is 9.03. The zero-order valence-electron chi connectivity index (χ0n) is 9.03. The highest BCUT2D eigenvalue weighted by Gasteiger charge is 2.17. The van der Waals surface area contributed by atoms with Crippen molar-refractivity contribution in [1.29, 1.82) is 0 Å². The third kappa shape index (κ3) is 2.58. The van der Waals surface area contributed by atoms with Gasteiger partial charge in [0.1, 0.15) is 12.0 Å². The van der Waals surface area contributed by atoms with Crippen LogP contribution in [0.15, 0.2) is 18.2 Å². The Labute approximate surface area is 90.3 Å². The van der Waals surface area contributed by atoms with E-state index in [2.05, 4.69) is 0 Å². The summed E-state index contributed by atoms with van der Waals surface area (Å²) in [4.78, 5) is 10.7. The Hall–Kier alpha value is -1.31. The van der Waals surface area contributed by atoms with E-state index >= 15 is 0 Å². The van der Waals surface area contributed by atoms with Crippen LogP contribution in [-0.4, -0.2) is 12.9 Å². The fraction of sp³-hybridized carbons (Fsp3) is 0.462. The van der Waals surface area contributed by atoms with E-state index in [-0.39, 0.29) is 0 Å². The van der Waals surface area contributed by atoms with Crippen LogP contribution in [0.25, 0.3) is 0 Å². The Kier molecular flexibility index (Phi) is 3.05. The lowest BCUT2D eigenvalue weighted by Gasteiger charge is -2.25. The van der Waals surface area contributed by atoms with Gasteiger partial charge in [0.2, 0.25) is 0 Å². The summed E-state index contributed by atoms with van der Waals surface area (Å²) < 4.78 is 5.67. The number of hydrogen-bond donors (Lipinski definition) is 0. The number of ether oxygens (including phenoxy) is 1. The molecule has 15 heavy (non-hydrogen) atoms. The van der Waals surface area contributed by atoms with Gasteiger partial charge in [0.05, 0.1) is 6.61 Å². The van der Waals surface area contributed by atoms with Crippen LogP contribution in [0.4, 0.5) is 0 Å². The summed E-state index contributed by atoms with van der Waals surface area (Å²) in [7, 11) is 0. The number of aryl methyl sites for hydroxylation is 1. The standard InChI is InChI=1S/C13H16O2/c1-10-5-12(8-14)7-13(6-10)15-9-11-3-2-4-11/h5-8,11H,2-4,9H2,1H3. The first-order valence-corrected chi connectivity index (χ1v) is 5.47. The molecule has 2 rings (SSSR count). The normalized spacial score (nSPS) is 15.8. The quantitative estimate of drug-likeness (QED) is 0.705. The maximum absolute atomic E-state index is 10.7. The molecule has 0 aromatic heterocycles. The van der Waals surface area contributed by atoms with Crippen LogP contribution in [0.5, 0.6) is 5.75 Å². The third-order valence-corrected chi connectivity index (χ3v) is 2.92.